The second kappa shape index (κ2) is 5.05. The summed E-state index contributed by atoms with van der Waals surface area (Å²) in [4.78, 5) is 11.8. The first-order valence-electron chi connectivity index (χ1n) is 5.82. The average Bonchev–Trinajstić information content (AvgIpc) is 2.63. The SMILES string of the molecule is CC1CCC(NC(=O)c2ccc(Cl)cc2F)C1. The van der Waals surface area contributed by atoms with Gasteiger partial charge in [0.1, 0.15) is 5.82 Å². The van der Waals surface area contributed by atoms with Crippen molar-refractivity contribution in [2.24, 2.45) is 5.92 Å². The number of amides is 1. The van der Waals surface area contributed by atoms with Crippen LogP contribution in [0.25, 0.3) is 0 Å². The summed E-state index contributed by atoms with van der Waals surface area (Å²) in [7, 11) is 0. The fourth-order valence-corrected chi connectivity index (χ4v) is 2.43. The molecule has 2 unspecified atom stereocenters. The molecular formula is C13H15ClFNO. The van der Waals surface area contributed by atoms with Gasteiger partial charge < -0.3 is 5.32 Å². The van der Waals surface area contributed by atoms with E-state index in [1.54, 1.807) is 0 Å². The van der Waals surface area contributed by atoms with Crippen LogP contribution in [0.4, 0.5) is 4.39 Å². The van der Waals surface area contributed by atoms with Crippen molar-refractivity contribution >= 4 is 17.5 Å². The third-order valence-corrected chi connectivity index (χ3v) is 3.44. The van der Waals surface area contributed by atoms with E-state index >= 15 is 0 Å². The molecule has 92 valence electrons. The summed E-state index contributed by atoms with van der Waals surface area (Å²) in [5, 5.41) is 3.16. The van der Waals surface area contributed by atoms with Crippen molar-refractivity contribution in [3.63, 3.8) is 0 Å². The van der Waals surface area contributed by atoms with Gasteiger partial charge in [0.2, 0.25) is 0 Å². The lowest BCUT2D eigenvalue weighted by molar-refractivity contribution is 0.0933. The molecule has 1 aromatic carbocycles. The molecule has 0 heterocycles. The lowest BCUT2D eigenvalue weighted by Crippen LogP contribution is -2.33. The van der Waals surface area contributed by atoms with E-state index in [0.717, 1.165) is 25.3 Å². The summed E-state index contributed by atoms with van der Waals surface area (Å²) in [6.07, 6.45) is 3.07. The Bertz CT molecular complexity index is 435. The number of nitrogens with one attached hydrogen (secondary N) is 1. The summed E-state index contributed by atoms with van der Waals surface area (Å²) in [5.74, 6) is -0.283. The molecule has 0 aliphatic heterocycles. The monoisotopic (exact) mass is 255 g/mol. The van der Waals surface area contributed by atoms with Crippen LogP contribution in [-0.2, 0) is 0 Å². The predicted octanol–water partition coefficient (Wildman–Crippen LogP) is 3.40. The standard InChI is InChI=1S/C13H15ClFNO/c1-8-2-4-10(6-8)16-13(17)11-5-3-9(14)7-12(11)15/h3,5,7-8,10H,2,4,6H2,1H3,(H,16,17). The topological polar surface area (TPSA) is 29.1 Å². The van der Waals surface area contributed by atoms with Crippen molar-refractivity contribution < 1.29 is 9.18 Å². The highest BCUT2D eigenvalue weighted by Crippen LogP contribution is 2.25. The number of hydrogen-bond donors (Lipinski definition) is 1. The Morgan fingerprint density at radius 3 is 2.82 bits per heavy atom. The molecule has 2 nitrogen and oxygen atoms in total. The Kier molecular flexibility index (Phi) is 3.67. The molecule has 1 fully saturated rings. The molecule has 2 atom stereocenters. The number of benzene rings is 1. The highest BCUT2D eigenvalue weighted by atomic mass is 35.5. The summed E-state index contributed by atoms with van der Waals surface area (Å²) in [5.41, 5.74) is 0.0638. The van der Waals surface area contributed by atoms with Gasteiger partial charge in [-0.15, -0.1) is 0 Å². The van der Waals surface area contributed by atoms with Crippen molar-refractivity contribution in [3.8, 4) is 0 Å². The molecule has 1 saturated carbocycles. The van der Waals surface area contributed by atoms with Crippen LogP contribution >= 0.6 is 11.6 Å². The summed E-state index contributed by atoms with van der Waals surface area (Å²) in [6.45, 7) is 2.16. The Hall–Kier alpha value is -1.09. The Morgan fingerprint density at radius 1 is 1.47 bits per heavy atom. The van der Waals surface area contributed by atoms with Crippen molar-refractivity contribution in [2.75, 3.05) is 0 Å². The summed E-state index contributed by atoms with van der Waals surface area (Å²) in [6, 6.07) is 4.28. The quantitative estimate of drug-likeness (QED) is 0.862. The predicted molar refractivity (Wildman–Crippen MR) is 65.7 cm³/mol. The molecular weight excluding hydrogens is 241 g/mol. The van der Waals surface area contributed by atoms with Gasteiger partial charge in [-0.25, -0.2) is 4.39 Å². The molecule has 2 rings (SSSR count). The van der Waals surface area contributed by atoms with Crippen LogP contribution in [0.2, 0.25) is 5.02 Å². The van der Waals surface area contributed by atoms with E-state index in [1.165, 1.54) is 12.1 Å². The lowest BCUT2D eigenvalue weighted by atomic mass is 10.1. The second-order valence-corrected chi connectivity index (χ2v) is 5.15. The van der Waals surface area contributed by atoms with Gasteiger partial charge >= 0.3 is 0 Å². The van der Waals surface area contributed by atoms with E-state index in [0.29, 0.717) is 10.9 Å². The molecule has 1 amide bonds. The van der Waals surface area contributed by atoms with Crippen molar-refractivity contribution in [3.05, 3.63) is 34.6 Å². The van der Waals surface area contributed by atoms with E-state index in [-0.39, 0.29) is 17.5 Å². The number of carbonyl (C=O) groups excluding carboxylic acids is 1. The third-order valence-electron chi connectivity index (χ3n) is 3.21. The first-order valence-corrected chi connectivity index (χ1v) is 6.20. The number of carbonyl (C=O) groups is 1. The number of halogens is 2. The van der Waals surface area contributed by atoms with Crippen molar-refractivity contribution in [2.45, 2.75) is 32.2 Å². The first kappa shape index (κ1) is 12.4. The highest BCUT2D eigenvalue weighted by molar-refractivity contribution is 6.30. The minimum atomic E-state index is -0.568. The minimum Gasteiger partial charge on any atom is -0.349 e. The summed E-state index contributed by atoms with van der Waals surface area (Å²) < 4.78 is 13.5. The molecule has 1 aromatic rings. The molecule has 4 heteroatoms. The van der Waals surface area contributed by atoms with E-state index in [1.807, 2.05) is 0 Å². The zero-order valence-corrected chi connectivity index (χ0v) is 10.4. The Labute approximate surface area is 105 Å². The second-order valence-electron chi connectivity index (χ2n) is 4.71. The zero-order valence-electron chi connectivity index (χ0n) is 9.67. The molecule has 0 radical (unpaired) electrons. The maximum absolute atomic E-state index is 13.5. The molecule has 1 N–H and O–H groups in total. The fraction of sp³-hybridized carbons (Fsp3) is 0.462. The van der Waals surface area contributed by atoms with Gasteiger partial charge in [0.25, 0.3) is 5.91 Å². The van der Waals surface area contributed by atoms with E-state index < -0.39 is 5.82 Å². The van der Waals surface area contributed by atoms with Gasteiger partial charge in [0, 0.05) is 11.1 Å². The largest absolute Gasteiger partial charge is 0.349 e. The lowest BCUT2D eigenvalue weighted by Gasteiger charge is -2.12. The third kappa shape index (κ3) is 2.97. The van der Waals surface area contributed by atoms with E-state index in [9.17, 15) is 9.18 Å². The molecule has 1 aliphatic rings. The van der Waals surface area contributed by atoms with Crippen LogP contribution in [0.3, 0.4) is 0 Å². The Morgan fingerprint density at radius 2 is 2.24 bits per heavy atom. The van der Waals surface area contributed by atoms with E-state index in [2.05, 4.69) is 12.2 Å². The molecule has 0 bridgehead atoms. The van der Waals surface area contributed by atoms with Gasteiger partial charge in [0.05, 0.1) is 5.56 Å². The van der Waals surface area contributed by atoms with E-state index in [4.69, 9.17) is 11.6 Å². The van der Waals surface area contributed by atoms with Crippen LogP contribution in [0, 0.1) is 11.7 Å². The van der Waals surface area contributed by atoms with Gasteiger partial charge in [-0.05, 0) is 43.4 Å². The van der Waals surface area contributed by atoms with Gasteiger partial charge in [0.15, 0.2) is 0 Å². The van der Waals surface area contributed by atoms with Gasteiger partial charge in [-0.3, -0.25) is 4.79 Å². The van der Waals surface area contributed by atoms with Crippen molar-refractivity contribution in [1.82, 2.24) is 5.32 Å². The smallest absolute Gasteiger partial charge is 0.254 e. The van der Waals surface area contributed by atoms with Gasteiger partial charge in [-0.1, -0.05) is 18.5 Å². The summed E-state index contributed by atoms with van der Waals surface area (Å²) >= 11 is 5.64. The van der Waals surface area contributed by atoms with Crippen molar-refractivity contribution in [1.29, 1.82) is 0 Å². The number of rotatable bonds is 2. The van der Waals surface area contributed by atoms with Crippen LogP contribution < -0.4 is 5.32 Å². The molecule has 0 aromatic heterocycles. The molecule has 17 heavy (non-hydrogen) atoms. The normalized spacial score (nSPS) is 23.7. The maximum Gasteiger partial charge on any atom is 0.254 e. The van der Waals surface area contributed by atoms with Crippen LogP contribution in [0.1, 0.15) is 36.5 Å². The van der Waals surface area contributed by atoms with Gasteiger partial charge in [-0.2, -0.15) is 0 Å². The van der Waals surface area contributed by atoms with Crippen LogP contribution in [0.15, 0.2) is 18.2 Å². The zero-order chi connectivity index (χ0) is 12.4. The first-order chi connectivity index (χ1) is 8.06. The average molecular weight is 256 g/mol. The molecule has 1 aliphatic carbocycles. The number of hydrogen-bond acceptors (Lipinski definition) is 1. The maximum atomic E-state index is 13.5. The minimum absolute atomic E-state index is 0.0638. The highest BCUT2D eigenvalue weighted by Gasteiger charge is 2.24. The van der Waals surface area contributed by atoms with Crippen LogP contribution in [-0.4, -0.2) is 11.9 Å². The fourth-order valence-electron chi connectivity index (χ4n) is 2.27. The Balaban J connectivity index is 2.04. The van der Waals surface area contributed by atoms with Crippen LogP contribution in [0.5, 0.6) is 0 Å². The molecule has 0 spiro atoms. The molecule has 0 saturated heterocycles.